The molecule has 22 heavy (non-hydrogen) atoms. The van der Waals surface area contributed by atoms with Crippen molar-refractivity contribution in [2.75, 3.05) is 13.7 Å². The molecule has 0 atom stereocenters. The van der Waals surface area contributed by atoms with Gasteiger partial charge in [0.1, 0.15) is 10.6 Å². The highest BCUT2D eigenvalue weighted by Gasteiger charge is 2.22. The van der Waals surface area contributed by atoms with Crippen LogP contribution in [-0.2, 0) is 4.74 Å². The van der Waals surface area contributed by atoms with Crippen LogP contribution >= 0.6 is 11.3 Å². The van der Waals surface area contributed by atoms with Gasteiger partial charge in [0.2, 0.25) is 0 Å². The van der Waals surface area contributed by atoms with Crippen LogP contribution in [0.5, 0.6) is 5.19 Å². The van der Waals surface area contributed by atoms with Crippen LogP contribution in [0.3, 0.4) is 0 Å². The number of rotatable bonds is 4. The summed E-state index contributed by atoms with van der Waals surface area (Å²) in [4.78, 5) is 17.1. The smallest absolute Gasteiger partial charge is 0.350 e. The summed E-state index contributed by atoms with van der Waals surface area (Å²) in [6.07, 6.45) is 0. The van der Waals surface area contributed by atoms with E-state index in [2.05, 4.69) is 4.98 Å². The minimum atomic E-state index is -0.369. The third-order valence-electron chi connectivity index (χ3n) is 3.29. The Labute approximate surface area is 132 Å². The van der Waals surface area contributed by atoms with Gasteiger partial charge in [-0.1, -0.05) is 53.8 Å². The van der Waals surface area contributed by atoms with Gasteiger partial charge in [-0.15, -0.1) is 0 Å². The zero-order valence-corrected chi connectivity index (χ0v) is 13.1. The maximum atomic E-state index is 12.2. The Balaban J connectivity index is 2.21. The number of fused-ring (bicyclic) bond motifs is 1. The summed E-state index contributed by atoms with van der Waals surface area (Å²) in [5.74, 6) is -0.369. The number of methoxy groups -OCH3 is 1. The number of carbonyl (C=O) groups excluding carboxylic acids is 1. The highest BCUT2D eigenvalue weighted by molar-refractivity contribution is 7.15. The zero-order chi connectivity index (χ0) is 15.5. The molecule has 0 aliphatic carbocycles. The molecule has 3 aromatic rings. The standard InChI is InChI=1S/C17H15NO3S/c1-3-21-16(19)15-14(18-17(20-2)22-15)13-10-6-8-11-7-4-5-9-12(11)13/h4-10H,3H2,1-2H3. The Morgan fingerprint density at radius 3 is 2.73 bits per heavy atom. The van der Waals surface area contributed by atoms with Gasteiger partial charge in [0, 0.05) is 5.56 Å². The average molecular weight is 313 g/mol. The minimum absolute atomic E-state index is 0.327. The average Bonchev–Trinajstić information content (AvgIpc) is 2.99. The van der Waals surface area contributed by atoms with Gasteiger partial charge >= 0.3 is 5.97 Å². The first-order valence-electron chi connectivity index (χ1n) is 6.94. The maximum absolute atomic E-state index is 12.2. The molecule has 3 rings (SSSR count). The van der Waals surface area contributed by atoms with E-state index in [4.69, 9.17) is 9.47 Å². The van der Waals surface area contributed by atoms with E-state index < -0.39 is 0 Å². The lowest BCUT2D eigenvalue weighted by molar-refractivity contribution is 0.0532. The molecule has 4 nitrogen and oxygen atoms in total. The van der Waals surface area contributed by atoms with Crippen LogP contribution in [0.25, 0.3) is 22.0 Å². The van der Waals surface area contributed by atoms with Gasteiger partial charge in [0.05, 0.1) is 13.7 Å². The fourth-order valence-electron chi connectivity index (χ4n) is 2.34. The number of carbonyl (C=O) groups is 1. The molecule has 1 heterocycles. The van der Waals surface area contributed by atoms with Crippen molar-refractivity contribution in [3.05, 3.63) is 47.3 Å². The Morgan fingerprint density at radius 1 is 1.18 bits per heavy atom. The van der Waals surface area contributed by atoms with Crippen LogP contribution in [-0.4, -0.2) is 24.7 Å². The van der Waals surface area contributed by atoms with Crippen molar-refractivity contribution in [1.82, 2.24) is 4.98 Å². The Morgan fingerprint density at radius 2 is 1.95 bits per heavy atom. The lowest BCUT2D eigenvalue weighted by Gasteiger charge is -2.06. The number of esters is 1. The van der Waals surface area contributed by atoms with Crippen molar-refractivity contribution >= 4 is 28.1 Å². The molecule has 1 aromatic heterocycles. The van der Waals surface area contributed by atoms with Crippen molar-refractivity contribution in [3.8, 4) is 16.5 Å². The number of hydrogen-bond donors (Lipinski definition) is 0. The summed E-state index contributed by atoms with van der Waals surface area (Å²) in [5, 5.41) is 2.59. The molecule has 5 heteroatoms. The van der Waals surface area contributed by atoms with E-state index in [1.807, 2.05) is 42.5 Å². The molecule has 0 saturated carbocycles. The van der Waals surface area contributed by atoms with Crippen molar-refractivity contribution < 1.29 is 14.3 Å². The van der Waals surface area contributed by atoms with Gasteiger partial charge in [-0.2, -0.15) is 0 Å². The summed E-state index contributed by atoms with van der Waals surface area (Å²) in [5.41, 5.74) is 1.51. The van der Waals surface area contributed by atoms with Crippen molar-refractivity contribution in [2.45, 2.75) is 6.92 Å². The SMILES string of the molecule is CCOC(=O)c1sc(OC)nc1-c1cccc2ccccc12. The molecule has 0 spiro atoms. The molecule has 0 N–H and O–H groups in total. The van der Waals surface area contributed by atoms with E-state index in [-0.39, 0.29) is 5.97 Å². The van der Waals surface area contributed by atoms with Gasteiger partial charge in [-0.3, -0.25) is 0 Å². The molecular weight excluding hydrogens is 298 g/mol. The van der Waals surface area contributed by atoms with Crippen LogP contribution in [0.2, 0.25) is 0 Å². The maximum Gasteiger partial charge on any atom is 0.350 e. The van der Waals surface area contributed by atoms with E-state index in [0.717, 1.165) is 16.3 Å². The van der Waals surface area contributed by atoms with Crippen molar-refractivity contribution in [3.63, 3.8) is 0 Å². The highest BCUT2D eigenvalue weighted by atomic mass is 32.1. The molecular formula is C17H15NO3S. The van der Waals surface area contributed by atoms with Gasteiger partial charge in [0.15, 0.2) is 0 Å². The van der Waals surface area contributed by atoms with E-state index in [0.29, 0.717) is 22.4 Å². The number of aromatic nitrogens is 1. The molecule has 0 radical (unpaired) electrons. The lowest BCUT2D eigenvalue weighted by atomic mass is 10.0. The lowest BCUT2D eigenvalue weighted by Crippen LogP contribution is -2.04. The number of ether oxygens (including phenoxy) is 2. The van der Waals surface area contributed by atoms with Crippen LogP contribution in [0, 0.1) is 0 Å². The molecule has 0 saturated heterocycles. The normalized spacial score (nSPS) is 10.6. The Hall–Kier alpha value is -2.40. The highest BCUT2D eigenvalue weighted by Crippen LogP contribution is 2.36. The van der Waals surface area contributed by atoms with Crippen LogP contribution in [0.4, 0.5) is 0 Å². The predicted molar refractivity (Wildman–Crippen MR) is 87.6 cm³/mol. The van der Waals surface area contributed by atoms with E-state index in [1.54, 1.807) is 14.0 Å². The predicted octanol–water partition coefficient (Wildman–Crippen LogP) is 4.15. The third-order valence-corrected chi connectivity index (χ3v) is 4.28. The first-order chi connectivity index (χ1) is 10.7. The molecule has 0 unspecified atom stereocenters. The fourth-order valence-corrected chi connectivity index (χ4v) is 3.13. The number of nitrogens with zero attached hydrogens (tertiary/aromatic N) is 1. The van der Waals surface area contributed by atoms with E-state index >= 15 is 0 Å². The Bertz CT molecular complexity index is 820. The summed E-state index contributed by atoms with van der Waals surface area (Å²) in [6, 6.07) is 14.0. The minimum Gasteiger partial charge on any atom is -0.473 e. The third kappa shape index (κ3) is 2.55. The second-order valence-electron chi connectivity index (χ2n) is 4.61. The van der Waals surface area contributed by atoms with Gasteiger partial charge in [-0.25, -0.2) is 9.78 Å². The van der Waals surface area contributed by atoms with Crippen LogP contribution in [0.1, 0.15) is 16.6 Å². The molecule has 0 bridgehead atoms. The van der Waals surface area contributed by atoms with Crippen LogP contribution < -0.4 is 4.74 Å². The Kier molecular flexibility index (Phi) is 4.06. The zero-order valence-electron chi connectivity index (χ0n) is 12.3. The van der Waals surface area contributed by atoms with Gasteiger partial charge < -0.3 is 9.47 Å². The summed E-state index contributed by atoms with van der Waals surface area (Å²) >= 11 is 1.20. The van der Waals surface area contributed by atoms with Crippen molar-refractivity contribution in [2.24, 2.45) is 0 Å². The van der Waals surface area contributed by atoms with Gasteiger partial charge in [-0.05, 0) is 17.7 Å². The van der Waals surface area contributed by atoms with Crippen LogP contribution in [0.15, 0.2) is 42.5 Å². The topological polar surface area (TPSA) is 48.4 Å². The second kappa shape index (κ2) is 6.15. The number of thiazole rings is 1. The fraction of sp³-hybridized carbons (Fsp3) is 0.176. The second-order valence-corrected chi connectivity index (χ2v) is 5.57. The molecule has 2 aromatic carbocycles. The summed E-state index contributed by atoms with van der Waals surface area (Å²) in [6.45, 7) is 2.11. The summed E-state index contributed by atoms with van der Waals surface area (Å²) < 4.78 is 10.3. The molecule has 0 fully saturated rings. The summed E-state index contributed by atoms with van der Waals surface area (Å²) in [7, 11) is 1.54. The largest absolute Gasteiger partial charge is 0.473 e. The molecule has 112 valence electrons. The quantitative estimate of drug-likeness (QED) is 0.679. The number of hydrogen-bond acceptors (Lipinski definition) is 5. The monoisotopic (exact) mass is 313 g/mol. The number of benzene rings is 2. The molecule has 0 aliphatic rings. The molecule has 0 amide bonds. The van der Waals surface area contributed by atoms with E-state index in [1.165, 1.54) is 11.3 Å². The first-order valence-corrected chi connectivity index (χ1v) is 7.76. The first kappa shape index (κ1) is 14.5. The van der Waals surface area contributed by atoms with E-state index in [9.17, 15) is 4.79 Å². The van der Waals surface area contributed by atoms with Crippen molar-refractivity contribution in [1.29, 1.82) is 0 Å². The van der Waals surface area contributed by atoms with Gasteiger partial charge in [0.25, 0.3) is 5.19 Å². The molecule has 0 aliphatic heterocycles.